The van der Waals surface area contributed by atoms with Gasteiger partial charge in [0.25, 0.3) is 15.9 Å². The number of hydrogen-bond donors (Lipinski definition) is 2. The minimum atomic E-state index is -4.26. The third-order valence-electron chi connectivity index (χ3n) is 3.22. The van der Waals surface area contributed by atoms with Gasteiger partial charge in [0.2, 0.25) is 0 Å². The second-order valence-corrected chi connectivity index (χ2v) is 7.44. The Hall–Kier alpha value is -2.88. The summed E-state index contributed by atoms with van der Waals surface area (Å²) in [6.45, 7) is 3.89. The highest BCUT2D eigenvalue weighted by atomic mass is 32.2. The van der Waals surface area contributed by atoms with Crippen molar-refractivity contribution < 1.29 is 32.3 Å². The molecule has 1 rings (SSSR count). The van der Waals surface area contributed by atoms with Gasteiger partial charge < -0.3 is 14.8 Å². The molecule has 2 N–H and O–H groups in total. The van der Waals surface area contributed by atoms with Gasteiger partial charge in [-0.2, -0.15) is 0 Å². The largest absolute Gasteiger partial charge is 0.465 e. The van der Waals surface area contributed by atoms with Gasteiger partial charge in [0.15, 0.2) is 5.57 Å². The van der Waals surface area contributed by atoms with Crippen molar-refractivity contribution >= 4 is 27.9 Å². The third-order valence-corrected chi connectivity index (χ3v) is 4.57. The van der Waals surface area contributed by atoms with Crippen molar-refractivity contribution in [3.8, 4) is 0 Å². The Bertz CT molecular complexity index is 830. The van der Waals surface area contributed by atoms with Gasteiger partial charge in [0, 0.05) is 6.54 Å². The van der Waals surface area contributed by atoms with Crippen LogP contribution in [0.25, 0.3) is 0 Å². The average molecular weight is 398 g/mol. The van der Waals surface area contributed by atoms with Crippen LogP contribution in [0.1, 0.15) is 13.8 Å². The molecule has 0 aromatic heterocycles. The molecular weight excluding hydrogens is 376 g/mol. The summed E-state index contributed by atoms with van der Waals surface area (Å²) in [5, 5.41) is 2.64. The highest BCUT2D eigenvalue weighted by Crippen LogP contribution is 2.12. The molecule has 27 heavy (non-hydrogen) atoms. The fourth-order valence-corrected chi connectivity index (χ4v) is 2.89. The van der Waals surface area contributed by atoms with E-state index in [1.165, 1.54) is 24.3 Å². The zero-order valence-corrected chi connectivity index (χ0v) is 16.3. The van der Waals surface area contributed by atoms with Crippen molar-refractivity contribution in [2.24, 2.45) is 5.92 Å². The van der Waals surface area contributed by atoms with Crippen LogP contribution in [0.4, 0.5) is 0 Å². The maximum atomic E-state index is 12.5. The fourth-order valence-electron chi connectivity index (χ4n) is 1.91. The second-order valence-electron chi connectivity index (χ2n) is 5.76. The van der Waals surface area contributed by atoms with E-state index in [1.54, 1.807) is 10.8 Å². The van der Waals surface area contributed by atoms with E-state index in [9.17, 15) is 22.8 Å². The number of nitrogens with one attached hydrogen (secondary N) is 2. The molecule has 0 heterocycles. The van der Waals surface area contributed by atoms with E-state index in [4.69, 9.17) is 0 Å². The summed E-state index contributed by atoms with van der Waals surface area (Å²) in [5.41, 5.74) is -1.29. The van der Waals surface area contributed by atoms with E-state index in [0.717, 1.165) is 14.2 Å². The number of rotatable bonds is 8. The predicted octanol–water partition coefficient (Wildman–Crippen LogP) is 0.337. The summed E-state index contributed by atoms with van der Waals surface area (Å²) >= 11 is 0. The molecule has 0 aliphatic heterocycles. The Morgan fingerprint density at radius 3 is 2.04 bits per heavy atom. The number of esters is 2. The fraction of sp³-hybridized carbons (Fsp3) is 0.353. The minimum absolute atomic E-state index is 0.0552. The summed E-state index contributed by atoms with van der Waals surface area (Å²) in [7, 11) is -2.20. The second kappa shape index (κ2) is 9.72. The maximum Gasteiger partial charge on any atom is 0.355 e. The number of hydrogen-bond acceptors (Lipinski definition) is 8. The highest BCUT2D eigenvalue weighted by molar-refractivity contribution is 7.90. The predicted molar refractivity (Wildman–Crippen MR) is 95.7 cm³/mol. The van der Waals surface area contributed by atoms with Gasteiger partial charge in [-0.3, -0.25) is 4.79 Å². The molecule has 0 aliphatic rings. The van der Waals surface area contributed by atoms with Crippen LogP contribution < -0.4 is 10.0 Å². The molecule has 0 radical (unpaired) electrons. The molecule has 0 fully saturated rings. The lowest BCUT2D eigenvalue weighted by Crippen LogP contribution is -2.38. The van der Waals surface area contributed by atoms with Crippen molar-refractivity contribution in [3.05, 3.63) is 41.6 Å². The smallest absolute Gasteiger partial charge is 0.355 e. The summed E-state index contributed by atoms with van der Waals surface area (Å²) in [6.07, 6.45) is 0. The van der Waals surface area contributed by atoms with Crippen LogP contribution in [0.2, 0.25) is 0 Å². The Balaban J connectivity index is 3.36. The Morgan fingerprint density at radius 2 is 1.56 bits per heavy atom. The Labute approximate surface area is 157 Å². The molecule has 9 nitrogen and oxygen atoms in total. The van der Waals surface area contributed by atoms with Gasteiger partial charge in [-0.15, -0.1) is 0 Å². The van der Waals surface area contributed by atoms with E-state index >= 15 is 0 Å². The molecule has 148 valence electrons. The first-order chi connectivity index (χ1) is 12.6. The topological polar surface area (TPSA) is 128 Å². The summed E-state index contributed by atoms with van der Waals surface area (Å²) in [5.74, 6) is -3.46. The number of methoxy groups -OCH3 is 2. The molecule has 0 unspecified atom stereocenters. The van der Waals surface area contributed by atoms with Crippen molar-refractivity contribution in [2.45, 2.75) is 18.7 Å². The lowest BCUT2D eigenvalue weighted by Gasteiger charge is -2.15. The zero-order chi connectivity index (χ0) is 20.6. The summed E-state index contributed by atoms with van der Waals surface area (Å²) < 4.78 is 35.6. The minimum Gasteiger partial charge on any atom is -0.465 e. The van der Waals surface area contributed by atoms with Crippen LogP contribution in [0.5, 0.6) is 0 Å². The van der Waals surface area contributed by atoms with Gasteiger partial charge in [-0.1, -0.05) is 32.0 Å². The van der Waals surface area contributed by atoms with Crippen LogP contribution in [0.3, 0.4) is 0 Å². The normalized spacial score (nSPS) is 12.0. The van der Waals surface area contributed by atoms with Gasteiger partial charge in [-0.25, -0.2) is 22.7 Å². The third kappa shape index (κ3) is 6.10. The van der Waals surface area contributed by atoms with Crippen molar-refractivity contribution in [1.29, 1.82) is 0 Å². The number of benzene rings is 1. The number of ether oxygens (including phenoxy) is 2. The van der Waals surface area contributed by atoms with Crippen LogP contribution >= 0.6 is 0 Å². The first-order valence-electron chi connectivity index (χ1n) is 7.91. The molecule has 0 saturated heterocycles. The molecule has 0 aliphatic carbocycles. The van der Waals surface area contributed by atoms with Crippen molar-refractivity contribution in [2.75, 3.05) is 20.8 Å². The molecular formula is C17H22N2O7S. The standard InChI is InChI=1S/C17H22N2O7S/c1-11(2)10-18-14(17(22)26-4)13(16(21)25-3)15(20)19-27(23,24)12-8-6-5-7-9-12/h5-9,11,18H,10H2,1-4H3,(H,19,20)/b14-13+. The molecule has 10 heteroatoms. The maximum absolute atomic E-state index is 12.5. The van der Waals surface area contributed by atoms with E-state index < -0.39 is 39.1 Å². The Morgan fingerprint density at radius 1 is 1.00 bits per heavy atom. The first kappa shape index (κ1) is 22.2. The quantitative estimate of drug-likeness (QED) is 0.278. The van der Waals surface area contributed by atoms with Crippen molar-refractivity contribution in [1.82, 2.24) is 10.0 Å². The Kier molecular flexibility index (Phi) is 7.98. The number of carbonyl (C=O) groups is 3. The molecule has 0 spiro atoms. The number of sulfonamides is 1. The van der Waals surface area contributed by atoms with Crippen LogP contribution in [0, 0.1) is 5.92 Å². The monoisotopic (exact) mass is 398 g/mol. The summed E-state index contributed by atoms with van der Waals surface area (Å²) in [6, 6.07) is 7.09. The van der Waals surface area contributed by atoms with Crippen LogP contribution in [0.15, 0.2) is 46.5 Å². The first-order valence-corrected chi connectivity index (χ1v) is 9.39. The van der Waals surface area contributed by atoms with Gasteiger partial charge in [-0.05, 0) is 18.1 Å². The molecule has 0 atom stereocenters. The molecule has 0 bridgehead atoms. The van der Waals surface area contributed by atoms with Gasteiger partial charge >= 0.3 is 11.9 Å². The lowest BCUT2D eigenvalue weighted by molar-refractivity contribution is -0.141. The van der Waals surface area contributed by atoms with Crippen LogP contribution in [-0.4, -0.2) is 47.0 Å². The number of amides is 1. The molecule has 1 aromatic rings. The highest BCUT2D eigenvalue weighted by Gasteiger charge is 2.31. The lowest BCUT2D eigenvalue weighted by atomic mass is 10.1. The average Bonchev–Trinajstić information content (AvgIpc) is 2.63. The summed E-state index contributed by atoms with van der Waals surface area (Å²) in [4.78, 5) is 36.5. The van der Waals surface area contributed by atoms with Gasteiger partial charge in [0.05, 0.1) is 19.1 Å². The van der Waals surface area contributed by atoms with E-state index in [0.29, 0.717) is 0 Å². The van der Waals surface area contributed by atoms with E-state index in [2.05, 4.69) is 14.8 Å². The van der Waals surface area contributed by atoms with E-state index in [1.807, 2.05) is 13.8 Å². The molecule has 0 saturated carbocycles. The molecule has 1 aromatic carbocycles. The molecule has 1 amide bonds. The zero-order valence-electron chi connectivity index (χ0n) is 15.4. The van der Waals surface area contributed by atoms with Crippen molar-refractivity contribution in [3.63, 3.8) is 0 Å². The van der Waals surface area contributed by atoms with Crippen LogP contribution in [-0.2, 0) is 33.9 Å². The number of carbonyl (C=O) groups excluding carboxylic acids is 3. The SMILES string of the molecule is COC(=O)/C(NCC(C)C)=C(/C(=O)NS(=O)(=O)c1ccccc1)C(=O)OC. The van der Waals surface area contributed by atoms with E-state index in [-0.39, 0.29) is 17.4 Å². The van der Waals surface area contributed by atoms with Gasteiger partial charge in [0.1, 0.15) is 5.70 Å².